The van der Waals surface area contributed by atoms with E-state index in [2.05, 4.69) is 4.90 Å². The normalized spacial score (nSPS) is 40.9. The molecule has 2 heterocycles. The van der Waals surface area contributed by atoms with Gasteiger partial charge in [0.05, 0.1) is 38.5 Å². The molecule has 2 saturated heterocycles. The summed E-state index contributed by atoms with van der Waals surface area (Å²) in [6.07, 6.45) is 2.52. The lowest BCUT2D eigenvalue weighted by molar-refractivity contribution is -0.156. The van der Waals surface area contributed by atoms with Crippen molar-refractivity contribution in [3.8, 4) is 0 Å². The molecule has 3 fully saturated rings. The topological polar surface area (TPSA) is 47.7 Å². The fourth-order valence-corrected chi connectivity index (χ4v) is 2.88. The summed E-state index contributed by atoms with van der Waals surface area (Å²) in [6, 6.07) is 0.905. The van der Waals surface area contributed by atoms with E-state index in [4.69, 9.17) is 15.2 Å². The van der Waals surface area contributed by atoms with Crippen LogP contribution in [0.15, 0.2) is 0 Å². The molecule has 4 heteroatoms. The third-order valence-corrected chi connectivity index (χ3v) is 3.78. The van der Waals surface area contributed by atoms with Gasteiger partial charge in [-0.1, -0.05) is 0 Å². The van der Waals surface area contributed by atoms with Crippen molar-refractivity contribution in [2.75, 3.05) is 33.0 Å². The van der Waals surface area contributed by atoms with Gasteiger partial charge in [-0.25, -0.2) is 0 Å². The van der Waals surface area contributed by atoms with Crippen LogP contribution in [0.25, 0.3) is 0 Å². The lowest BCUT2D eigenvalue weighted by Crippen LogP contribution is -2.65. The number of hydrogen-bond acceptors (Lipinski definition) is 4. The molecule has 0 amide bonds. The molecule has 2 bridgehead atoms. The molecule has 0 radical (unpaired) electrons. The molecule has 4 nitrogen and oxygen atoms in total. The van der Waals surface area contributed by atoms with Gasteiger partial charge in [0.2, 0.25) is 0 Å². The van der Waals surface area contributed by atoms with Crippen LogP contribution in [0, 0.1) is 0 Å². The zero-order valence-corrected chi connectivity index (χ0v) is 8.45. The van der Waals surface area contributed by atoms with Crippen molar-refractivity contribution in [1.82, 2.24) is 4.90 Å². The van der Waals surface area contributed by atoms with Crippen molar-refractivity contribution in [2.24, 2.45) is 5.73 Å². The van der Waals surface area contributed by atoms with E-state index < -0.39 is 0 Å². The number of rotatable bonds is 2. The maximum Gasteiger partial charge on any atom is 0.0645 e. The van der Waals surface area contributed by atoms with E-state index in [9.17, 15) is 0 Å². The number of nitrogens with zero attached hydrogens (tertiary/aromatic N) is 1. The first-order valence-electron chi connectivity index (χ1n) is 5.50. The van der Waals surface area contributed by atoms with E-state index >= 15 is 0 Å². The third kappa shape index (κ3) is 1.21. The van der Waals surface area contributed by atoms with Gasteiger partial charge in [0.15, 0.2) is 0 Å². The maximum atomic E-state index is 5.88. The second-order valence-electron chi connectivity index (χ2n) is 4.72. The number of nitrogens with two attached hydrogens (primary N) is 1. The molecule has 3 rings (SSSR count). The van der Waals surface area contributed by atoms with Crippen LogP contribution in [0.3, 0.4) is 0 Å². The molecule has 0 unspecified atom stereocenters. The van der Waals surface area contributed by atoms with Crippen molar-refractivity contribution < 1.29 is 9.47 Å². The molecule has 0 aromatic rings. The Hall–Kier alpha value is -0.160. The molecule has 1 saturated carbocycles. The molecule has 3 aliphatic rings. The number of fused-ring (bicyclic) bond motifs is 2. The highest BCUT2D eigenvalue weighted by atomic mass is 16.5. The summed E-state index contributed by atoms with van der Waals surface area (Å²) in [5.74, 6) is 0. The van der Waals surface area contributed by atoms with Crippen LogP contribution in [-0.2, 0) is 9.47 Å². The second-order valence-corrected chi connectivity index (χ2v) is 4.72. The Morgan fingerprint density at radius 1 is 1.07 bits per heavy atom. The Labute approximate surface area is 84.3 Å². The SMILES string of the molecule is NCC1(N2C3COCC2COC3)CC1. The van der Waals surface area contributed by atoms with Gasteiger partial charge in [-0.05, 0) is 12.8 Å². The molecule has 0 atom stereocenters. The standard InChI is InChI=1S/C10H18N2O2/c11-7-10(1-2-10)12-8-3-13-5-9(12)6-14-4-8/h8-9H,1-7,11H2. The zero-order chi connectivity index (χ0) is 9.60. The predicted molar refractivity (Wildman–Crippen MR) is 52.1 cm³/mol. The van der Waals surface area contributed by atoms with Gasteiger partial charge in [-0.3, -0.25) is 4.90 Å². The monoisotopic (exact) mass is 198 g/mol. The number of hydrogen-bond donors (Lipinski definition) is 1. The molecule has 2 N–H and O–H groups in total. The largest absolute Gasteiger partial charge is 0.378 e. The fourth-order valence-electron chi connectivity index (χ4n) is 2.88. The molecule has 0 aromatic heterocycles. The third-order valence-electron chi connectivity index (χ3n) is 3.78. The average Bonchev–Trinajstić information content (AvgIpc) is 2.97. The summed E-state index contributed by atoms with van der Waals surface area (Å²) in [5, 5.41) is 0. The molecule has 0 spiro atoms. The summed E-state index contributed by atoms with van der Waals surface area (Å²) in [7, 11) is 0. The summed E-state index contributed by atoms with van der Waals surface area (Å²) in [5.41, 5.74) is 6.19. The van der Waals surface area contributed by atoms with E-state index in [1.54, 1.807) is 0 Å². The minimum absolute atomic E-state index is 0.308. The van der Waals surface area contributed by atoms with Crippen LogP contribution < -0.4 is 5.73 Å². The van der Waals surface area contributed by atoms with Crippen molar-refractivity contribution in [2.45, 2.75) is 30.5 Å². The fraction of sp³-hybridized carbons (Fsp3) is 1.00. The minimum atomic E-state index is 0.308. The van der Waals surface area contributed by atoms with Crippen LogP contribution in [0.4, 0.5) is 0 Å². The van der Waals surface area contributed by atoms with Crippen LogP contribution >= 0.6 is 0 Å². The van der Waals surface area contributed by atoms with Crippen LogP contribution in [-0.4, -0.2) is 55.5 Å². The van der Waals surface area contributed by atoms with Crippen molar-refractivity contribution in [3.05, 3.63) is 0 Å². The number of ether oxygens (including phenoxy) is 2. The molecule has 0 aromatic carbocycles. The second kappa shape index (κ2) is 3.17. The predicted octanol–water partition coefficient (Wildman–Crippen LogP) is -0.423. The van der Waals surface area contributed by atoms with Crippen molar-refractivity contribution in [1.29, 1.82) is 0 Å². The van der Waals surface area contributed by atoms with Gasteiger partial charge in [0, 0.05) is 12.1 Å². The minimum Gasteiger partial charge on any atom is -0.378 e. The lowest BCUT2D eigenvalue weighted by Gasteiger charge is -2.49. The summed E-state index contributed by atoms with van der Waals surface area (Å²) >= 11 is 0. The molecule has 14 heavy (non-hydrogen) atoms. The van der Waals surface area contributed by atoms with E-state index in [0.29, 0.717) is 17.6 Å². The summed E-state index contributed by atoms with van der Waals surface area (Å²) in [4.78, 5) is 2.60. The van der Waals surface area contributed by atoms with Gasteiger partial charge in [-0.2, -0.15) is 0 Å². The Morgan fingerprint density at radius 3 is 1.93 bits per heavy atom. The highest BCUT2D eigenvalue weighted by Crippen LogP contribution is 2.45. The average molecular weight is 198 g/mol. The van der Waals surface area contributed by atoms with Gasteiger partial charge in [0.1, 0.15) is 0 Å². The van der Waals surface area contributed by atoms with Crippen molar-refractivity contribution >= 4 is 0 Å². The first-order chi connectivity index (χ1) is 6.86. The highest BCUT2D eigenvalue weighted by molar-refractivity contribution is 5.10. The van der Waals surface area contributed by atoms with E-state index in [1.807, 2.05) is 0 Å². The smallest absolute Gasteiger partial charge is 0.0645 e. The molecular formula is C10H18N2O2. The first kappa shape index (κ1) is 9.09. The number of morpholine rings is 2. The summed E-state index contributed by atoms with van der Waals surface area (Å²) in [6.45, 7) is 4.06. The molecule has 2 aliphatic heterocycles. The molecular weight excluding hydrogens is 180 g/mol. The summed E-state index contributed by atoms with van der Waals surface area (Å²) < 4.78 is 11.1. The van der Waals surface area contributed by atoms with Gasteiger partial charge in [-0.15, -0.1) is 0 Å². The Kier molecular flexibility index (Phi) is 2.06. The lowest BCUT2D eigenvalue weighted by atomic mass is 10.0. The Balaban J connectivity index is 1.82. The van der Waals surface area contributed by atoms with Gasteiger partial charge < -0.3 is 15.2 Å². The van der Waals surface area contributed by atoms with Crippen LogP contribution in [0.2, 0.25) is 0 Å². The molecule has 1 aliphatic carbocycles. The van der Waals surface area contributed by atoms with Crippen molar-refractivity contribution in [3.63, 3.8) is 0 Å². The van der Waals surface area contributed by atoms with Crippen LogP contribution in [0.5, 0.6) is 0 Å². The quantitative estimate of drug-likeness (QED) is 0.654. The van der Waals surface area contributed by atoms with Gasteiger partial charge in [0.25, 0.3) is 0 Å². The Bertz CT molecular complexity index is 208. The van der Waals surface area contributed by atoms with E-state index in [1.165, 1.54) is 12.8 Å². The molecule has 80 valence electrons. The van der Waals surface area contributed by atoms with E-state index in [-0.39, 0.29) is 0 Å². The van der Waals surface area contributed by atoms with Gasteiger partial charge >= 0.3 is 0 Å². The van der Waals surface area contributed by atoms with E-state index in [0.717, 1.165) is 33.0 Å². The highest BCUT2D eigenvalue weighted by Gasteiger charge is 2.54. The first-order valence-corrected chi connectivity index (χ1v) is 5.50. The zero-order valence-electron chi connectivity index (χ0n) is 8.45. The maximum absolute atomic E-state index is 5.88. The Morgan fingerprint density at radius 2 is 1.57 bits per heavy atom. The van der Waals surface area contributed by atoms with Crippen LogP contribution in [0.1, 0.15) is 12.8 Å².